The number of fused-ring (bicyclic) bond motifs is 1. The van der Waals surface area contributed by atoms with Crippen LogP contribution in [0.5, 0.6) is 0 Å². The van der Waals surface area contributed by atoms with Crippen LogP contribution in [0, 0.1) is 0 Å². The predicted molar refractivity (Wildman–Crippen MR) is 101 cm³/mol. The van der Waals surface area contributed by atoms with E-state index in [1.165, 1.54) is 5.56 Å². The molecule has 0 fully saturated rings. The van der Waals surface area contributed by atoms with Crippen molar-refractivity contribution in [1.29, 1.82) is 0 Å². The summed E-state index contributed by atoms with van der Waals surface area (Å²) in [6.45, 7) is 1.23. The highest BCUT2D eigenvalue weighted by Crippen LogP contribution is 2.15. The summed E-state index contributed by atoms with van der Waals surface area (Å²) >= 11 is 0. The van der Waals surface area contributed by atoms with Gasteiger partial charge in [0.15, 0.2) is 5.96 Å². The Morgan fingerprint density at radius 3 is 2.74 bits per heavy atom. The largest absolute Gasteiger partial charge is 0.364 e. The number of para-hydroxylation sites is 1. The molecule has 0 unspecified atom stereocenters. The van der Waals surface area contributed by atoms with Gasteiger partial charge in [0.05, 0.1) is 12.1 Å². The minimum atomic E-state index is 0. The summed E-state index contributed by atoms with van der Waals surface area (Å²) in [6.07, 6.45) is 3.38. The van der Waals surface area contributed by atoms with Gasteiger partial charge in [0.25, 0.3) is 0 Å². The second-order valence-electron chi connectivity index (χ2n) is 4.76. The van der Waals surface area contributed by atoms with E-state index in [2.05, 4.69) is 31.8 Å². The molecule has 6 nitrogen and oxygen atoms in total. The molecule has 0 spiro atoms. The SMILES string of the molecule is CN=C(NCc1ccon1)NCc1ccnc2ccccc12.I. The van der Waals surface area contributed by atoms with Crippen LogP contribution in [-0.2, 0) is 13.1 Å². The molecule has 0 aliphatic heterocycles. The molecule has 0 saturated heterocycles. The molecule has 0 aliphatic rings. The Kier molecular flexibility index (Phi) is 6.33. The molecule has 0 aliphatic carbocycles. The van der Waals surface area contributed by atoms with E-state index in [-0.39, 0.29) is 24.0 Å². The van der Waals surface area contributed by atoms with Crippen LogP contribution in [0.25, 0.3) is 10.9 Å². The lowest BCUT2D eigenvalue weighted by Gasteiger charge is -2.12. The zero-order valence-corrected chi connectivity index (χ0v) is 15.0. The van der Waals surface area contributed by atoms with Crippen LogP contribution in [-0.4, -0.2) is 23.1 Å². The van der Waals surface area contributed by atoms with Crippen LogP contribution in [0.4, 0.5) is 0 Å². The van der Waals surface area contributed by atoms with Crippen LogP contribution in [0.15, 0.2) is 58.4 Å². The molecule has 0 atom stereocenters. The maximum absolute atomic E-state index is 4.80. The molecule has 0 amide bonds. The molecule has 3 rings (SSSR count). The van der Waals surface area contributed by atoms with E-state index in [1.807, 2.05) is 36.5 Å². The van der Waals surface area contributed by atoms with Gasteiger partial charge in [0.2, 0.25) is 0 Å². The van der Waals surface area contributed by atoms with Crippen LogP contribution >= 0.6 is 24.0 Å². The number of nitrogens with zero attached hydrogens (tertiary/aromatic N) is 3. The molecule has 0 radical (unpaired) electrons. The van der Waals surface area contributed by atoms with Gasteiger partial charge in [-0.05, 0) is 17.7 Å². The molecule has 1 aromatic carbocycles. The highest BCUT2D eigenvalue weighted by atomic mass is 127. The van der Waals surface area contributed by atoms with E-state index >= 15 is 0 Å². The first kappa shape index (κ1) is 17.2. The first-order chi connectivity index (χ1) is 10.9. The van der Waals surface area contributed by atoms with Crippen molar-refractivity contribution in [2.45, 2.75) is 13.1 Å². The Balaban J connectivity index is 0.00000192. The third-order valence-electron chi connectivity index (χ3n) is 3.34. The van der Waals surface area contributed by atoms with Crippen molar-refractivity contribution >= 4 is 40.8 Å². The maximum atomic E-state index is 4.80. The van der Waals surface area contributed by atoms with Gasteiger partial charge in [-0.2, -0.15) is 0 Å². The maximum Gasteiger partial charge on any atom is 0.191 e. The number of rotatable bonds is 4. The van der Waals surface area contributed by atoms with Gasteiger partial charge in [-0.25, -0.2) is 0 Å². The molecular weight excluding hydrogens is 405 g/mol. The lowest BCUT2D eigenvalue weighted by Crippen LogP contribution is -2.36. The third-order valence-corrected chi connectivity index (χ3v) is 3.34. The van der Waals surface area contributed by atoms with Crippen molar-refractivity contribution in [3.63, 3.8) is 0 Å². The van der Waals surface area contributed by atoms with Crippen LogP contribution in [0.2, 0.25) is 0 Å². The number of halogens is 1. The summed E-state index contributed by atoms with van der Waals surface area (Å²) in [7, 11) is 1.74. The third kappa shape index (κ3) is 4.41. The average molecular weight is 423 g/mol. The van der Waals surface area contributed by atoms with E-state index in [4.69, 9.17) is 4.52 Å². The smallest absolute Gasteiger partial charge is 0.191 e. The van der Waals surface area contributed by atoms with Gasteiger partial charge >= 0.3 is 0 Å². The number of aromatic nitrogens is 2. The zero-order chi connectivity index (χ0) is 15.2. The lowest BCUT2D eigenvalue weighted by atomic mass is 10.1. The van der Waals surface area contributed by atoms with Crippen molar-refractivity contribution in [2.24, 2.45) is 4.99 Å². The molecular formula is C16H18IN5O. The van der Waals surface area contributed by atoms with Crippen LogP contribution in [0.1, 0.15) is 11.3 Å². The molecule has 3 aromatic rings. The highest BCUT2D eigenvalue weighted by Gasteiger charge is 2.04. The molecule has 2 heterocycles. The Hall–Kier alpha value is -2.16. The normalized spacial score (nSPS) is 11.1. The number of benzene rings is 1. The van der Waals surface area contributed by atoms with Gasteiger partial charge in [0, 0.05) is 31.2 Å². The molecule has 23 heavy (non-hydrogen) atoms. The van der Waals surface area contributed by atoms with Gasteiger partial charge in [-0.1, -0.05) is 23.4 Å². The van der Waals surface area contributed by atoms with Gasteiger partial charge in [0.1, 0.15) is 12.0 Å². The number of hydrogen-bond acceptors (Lipinski definition) is 4. The summed E-state index contributed by atoms with van der Waals surface area (Å²) in [5.41, 5.74) is 3.00. The van der Waals surface area contributed by atoms with Gasteiger partial charge in [-0.3, -0.25) is 9.98 Å². The van der Waals surface area contributed by atoms with Crippen LogP contribution in [0.3, 0.4) is 0 Å². The fourth-order valence-corrected chi connectivity index (χ4v) is 2.21. The van der Waals surface area contributed by atoms with Crippen molar-refractivity contribution in [3.05, 3.63) is 60.1 Å². The summed E-state index contributed by atoms with van der Waals surface area (Å²) < 4.78 is 4.80. The van der Waals surface area contributed by atoms with Crippen molar-refractivity contribution in [2.75, 3.05) is 7.05 Å². The van der Waals surface area contributed by atoms with Gasteiger partial charge < -0.3 is 15.2 Å². The Labute approximate surface area is 151 Å². The quantitative estimate of drug-likeness (QED) is 0.384. The predicted octanol–water partition coefficient (Wildman–Crippen LogP) is 2.71. The lowest BCUT2D eigenvalue weighted by molar-refractivity contribution is 0.410. The molecule has 0 saturated carbocycles. The summed E-state index contributed by atoms with van der Waals surface area (Å²) in [4.78, 5) is 8.57. The second-order valence-corrected chi connectivity index (χ2v) is 4.76. The monoisotopic (exact) mass is 423 g/mol. The Morgan fingerprint density at radius 1 is 1.13 bits per heavy atom. The first-order valence-electron chi connectivity index (χ1n) is 7.03. The minimum Gasteiger partial charge on any atom is -0.364 e. The second kappa shape index (κ2) is 8.47. The van der Waals surface area contributed by atoms with Crippen LogP contribution < -0.4 is 10.6 Å². The Bertz CT molecular complexity index is 768. The van der Waals surface area contributed by atoms with E-state index < -0.39 is 0 Å². The number of aliphatic imine (C=N–C) groups is 1. The van der Waals surface area contributed by atoms with Crippen molar-refractivity contribution in [1.82, 2.24) is 20.8 Å². The fourth-order valence-electron chi connectivity index (χ4n) is 2.21. The van der Waals surface area contributed by atoms with Gasteiger partial charge in [-0.15, -0.1) is 24.0 Å². The van der Waals surface area contributed by atoms with Crippen molar-refractivity contribution in [3.8, 4) is 0 Å². The minimum absolute atomic E-state index is 0. The summed E-state index contributed by atoms with van der Waals surface area (Å²) in [5.74, 6) is 0.712. The number of nitrogens with one attached hydrogen (secondary N) is 2. The summed E-state index contributed by atoms with van der Waals surface area (Å²) in [5, 5.41) is 11.5. The molecule has 7 heteroatoms. The fraction of sp³-hybridized carbons (Fsp3) is 0.188. The Morgan fingerprint density at radius 2 is 1.96 bits per heavy atom. The molecule has 2 N–H and O–H groups in total. The molecule has 120 valence electrons. The van der Waals surface area contributed by atoms with E-state index in [9.17, 15) is 0 Å². The van der Waals surface area contributed by atoms with E-state index in [1.54, 1.807) is 13.3 Å². The van der Waals surface area contributed by atoms with E-state index in [0.29, 0.717) is 19.0 Å². The van der Waals surface area contributed by atoms with Crippen molar-refractivity contribution < 1.29 is 4.52 Å². The summed E-state index contributed by atoms with van der Waals surface area (Å²) in [6, 6.07) is 11.9. The average Bonchev–Trinajstić information content (AvgIpc) is 3.08. The first-order valence-corrected chi connectivity index (χ1v) is 7.03. The standard InChI is InChI=1S/C16H17N5O.HI/c1-17-16(20-11-13-7-9-22-21-13)19-10-12-6-8-18-15-5-3-2-4-14(12)15;/h2-9H,10-11H2,1H3,(H2,17,19,20);1H. The number of pyridine rings is 1. The molecule has 0 bridgehead atoms. The number of hydrogen-bond donors (Lipinski definition) is 2. The molecule has 2 aromatic heterocycles. The van der Waals surface area contributed by atoms with E-state index in [0.717, 1.165) is 16.6 Å². The number of guanidine groups is 1. The highest BCUT2D eigenvalue weighted by molar-refractivity contribution is 14.0. The topological polar surface area (TPSA) is 75.3 Å². The zero-order valence-electron chi connectivity index (χ0n) is 12.7.